The van der Waals surface area contributed by atoms with E-state index in [9.17, 15) is 13.2 Å². The van der Waals surface area contributed by atoms with Crippen molar-refractivity contribution in [3.63, 3.8) is 0 Å². The molecule has 0 bridgehead atoms. The monoisotopic (exact) mass is 530 g/mol. The Hall–Kier alpha value is -1.12. The molecule has 2 aliphatic heterocycles. The number of carbonyl (C=O) groups excluding carboxylic acids is 1. The van der Waals surface area contributed by atoms with E-state index in [1.807, 2.05) is 30.0 Å². The summed E-state index contributed by atoms with van der Waals surface area (Å²) in [5.74, 6) is -0.427. The molecule has 4 rings (SSSR count). The van der Waals surface area contributed by atoms with Gasteiger partial charge in [-0.2, -0.15) is 4.31 Å². The fraction of sp³-hybridized carbons (Fsp3) is 0.381. The maximum Gasteiger partial charge on any atom is 0.244 e. The van der Waals surface area contributed by atoms with Gasteiger partial charge >= 0.3 is 0 Å². The summed E-state index contributed by atoms with van der Waals surface area (Å²) in [5.41, 5.74) is 2.03. The van der Waals surface area contributed by atoms with E-state index in [1.165, 1.54) is 16.4 Å². The molecule has 0 spiro atoms. The van der Waals surface area contributed by atoms with Crippen molar-refractivity contribution in [1.82, 2.24) is 4.31 Å². The quantitative estimate of drug-likeness (QED) is 0.551. The molecule has 160 valence electrons. The van der Waals surface area contributed by atoms with E-state index < -0.39 is 15.9 Å². The zero-order chi connectivity index (χ0) is 21.6. The van der Waals surface area contributed by atoms with E-state index >= 15 is 0 Å². The van der Waals surface area contributed by atoms with Gasteiger partial charge in [0.1, 0.15) is 4.90 Å². The Kier molecular flexibility index (Phi) is 6.21. The van der Waals surface area contributed by atoms with Gasteiger partial charge in [0.15, 0.2) is 0 Å². The molecule has 5 nitrogen and oxygen atoms in total. The summed E-state index contributed by atoms with van der Waals surface area (Å²) >= 11 is 15.6. The fourth-order valence-corrected chi connectivity index (χ4v) is 6.98. The van der Waals surface area contributed by atoms with Gasteiger partial charge in [0, 0.05) is 34.3 Å². The molecule has 2 aromatic carbocycles. The molecule has 0 unspecified atom stereocenters. The van der Waals surface area contributed by atoms with E-state index in [1.54, 1.807) is 6.07 Å². The van der Waals surface area contributed by atoms with Crippen molar-refractivity contribution in [1.29, 1.82) is 0 Å². The Bertz CT molecular complexity index is 1110. The summed E-state index contributed by atoms with van der Waals surface area (Å²) in [6.45, 7) is 2.52. The van der Waals surface area contributed by atoms with Crippen LogP contribution in [0.4, 0.5) is 5.69 Å². The number of amides is 1. The number of sulfonamides is 1. The lowest BCUT2D eigenvalue weighted by Gasteiger charge is -2.34. The van der Waals surface area contributed by atoms with Gasteiger partial charge < -0.3 is 4.90 Å². The van der Waals surface area contributed by atoms with Crippen LogP contribution in [0.3, 0.4) is 0 Å². The molecule has 2 atom stereocenters. The molecule has 1 saturated heterocycles. The summed E-state index contributed by atoms with van der Waals surface area (Å²) in [5, 5.41) is 0.428. The second-order valence-corrected chi connectivity index (χ2v) is 11.5. The molecule has 0 aromatic heterocycles. The lowest BCUT2D eigenvalue weighted by Crippen LogP contribution is -2.48. The third-order valence-electron chi connectivity index (χ3n) is 5.74. The molecule has 1 amide bonds. The highest BCUT2D eigenvalue weighted by molar-refractivity contribution is 9.10. The maximum absolute atomic E-state index is 13.4. The lowest BCUT2D eigenvalue weighted by atomic mass is 9.97. The van der Waals surface area contributed by atoms with Crippen LogP contribution < -0.4 is 4.90 Å². The van der Waals surface area contributed by atoms with Gasteiger partial charge in [0.2, 0.25) is 15.9 Å². The normalized spacial score (nSPS) is 22.2. The highest BCUT2D eigenvalue weighted by Crippen LogP contribution is 2.37. The Morgan fingerprint density at radius 1 is 1.17 bits per heavy atom. The number of hydrogen-bond acceptors (Lipinski definition) is 3. The van der Waals surface area contributed by atoms with Crippen molar-refractivity contribution < 1.29 is 13.2 Å². The van der Waals surface area contributed by atoms with Crippen molar-refractivity contribution >= 4 is 60.7 Å². The van der Waals surface area contributed by atoms with Crippen LogP contribution in [-0.2, 0) is 21.2 Å². The molecule has 2 aromatic rings. The van der Waals surface area contributed by atoms with Crippen LogP contribution in [0.25, 0.3) is 0 Å². The zero-order valence-corrected chi connectivity index (χ0v) is 20.2. The number of rotatable bonds is 3. The van der Waals surface area contributed by atoms with Gasteiger partial charge in [-0.1, -0.05) is 39.1 Å². The number of fused-ring (bicyclic) bond motifs is 1. The Morgan fingerprint density at radius 2 is 1.93 bits per heavy atom. The van der Waals surface area contributed by atoms with E-state index in [0.29, 0.717) is 24.4 Å². The molecule has 30 heavy (non-hydrogen) atoms. The molecule has 1 fully saturated rings. The maximum atomic E-state index is 13.4. The fourth-order valence-electron chi connectivity index (χ4n) is 4.31. The van der Waals surface area contributed by atoms with Crippen LogP contribution >= 0.6 is 39.1 Å². The average Bonchev–Trinajstić information content (AvgIpc) is 3.04. The van der Waals surface area contributed by atoms with Gasteiger partial charge in [0.05, 0.1) is 10.9 Å². The minimum Gasteiger partial charge on any atom is -0.309 e. The molecule has 0 N–H and O–H groups in total. The molecular formula is C21H21BrCl2N2O3S. The molecule has 2 heterocycles. The first kappa shape index (κ1) is 22.1. The minimum absolute atomic E-state index is 0.0190. The summed E-state index contributed by atoms with van der Waals surface area (Å²) < 4.78 is 28.7. The van der Waals surface area contributed by atoms with Crippen molar-refractivity contribution in [2.45, 2.75) is 37.1 Å². The molecule has 0 aliphatic carbocycles. The summed E-state index contributed by atoms with van der Waals surface area (Å²) in [6.07, 6.45) is 2.06. The SMILES string of the molecule is C[C@@H]1Cc2cc(Br)ccc2N1C(=O)[C@@H]1CCCN(S(=O)(=O)c2cc(Cl)ccc2Cl)C1. The van der Waals surface area contributed by atoms with Crippen molar-refractivity contribution in [3.05, 3.63) is 56.5 Å². The van der Waals surface area contributed by atoms with Crippen molar-refractivity contribution in [2.75, 3.05) is 18.0 Å². The smallest absolute Gasteiger partial charge is 0.244 e. The first-order chi connectivity index (χ1) is 14.2. The Morgan fingerprint density at radius 3 is 2.70 bits per heavy atom. The lowest BCUT2D eigenvalue weighted by molar-refractivity contribution is -0.123. The molecule has 9 heteroatoms. The largest absolute Gasteiger partial charge is 0.309 e. The molecular weight excluding hydrogens is 511 g/mol. The standard InChI is InChI=1S/C21H21BrCl2N2O3S/c1-13-9-15-10-16(22)4-7-19(15)26(13)21(27)14-3-2-8-25(12-14)30(28,29)20-11-17(23)5-6-18(20)24/h4-7,10-11,13-14H,2-3,8-9,12H2,1H3/t13-,14-/m1/s1. The second-order valence-electron chi connectivity index (χ2n) is 7.81. The number of hydrogen-bond donors (Lipinski definition) is 0. The summed E-state index contributed by atoms with van der Waals surface area (Å²) in [4.78, 5) is 15.2. The Balaban J connectivity index is 1.59. The van der Waals surface area contributed by atoms with Gasteiger partial charge in [-0.15, -0.1) is 0 Å². The van der Waals surface area contributed by atoms with Crippen LogP contribution in [0.15, 0.2) is 45.8 Å². The molecule has 0 saturated carbocycles. The van der Waals surface area contributed by atoms with E-state index in [-0.39, 0.29) is 28.4 Å². The van der Waals surface area contributed by atoms with Crippen LogP contribution in [0.5, 0.6) is 0 Å². The van der Waals surface area contributed by atoms with E-state index in [4.69, 9.17) is 23.2 Å². The van der Waals surface area contributed by atoms with Gasteiger partial charge in [0.25, 0.3) is 0 Å². The number of halogens is 3. The third-order valence-corrected chi connectivity index (χ3v) is 8.81. The number of benzene rings is 2. The number of carbonyl (C=O) groups is 1. The average molecular weight is 532 g/mol. The van der Waals surface area contributed by atoms with Crippen LogP contribution in [0.1, 0.15) is 25.3 Å². The first-order valence-electron chi connectivity index (χ1n) is 9.75. The zero-order valence-electron chi connectivity index (χ0n) is 16.3. The van der Waals surface area contributed by atoms with E-state index in [2.05, 4.69) is 15.9 Å². The highest BCUT2D eigenvalue weighted by atomic mass is 79.9. The summed E-state index contributed by atoms with van der Waals surface area (Å²) in [6, 6.07) is 10.3. The third kappa shape index (κ3) is 4.02. The van der Waals surface area contributed by atoms with Crippen molar-refractivity contribution in [3.8, 4) is 0 Å². The predicted molar refractivity (Wildman–Crippen MR) is 123 cm³/mol. The molecule has 2 aliphatic rings. The second kappa shape index (κ2) is 8.43. The minimum atomic E-state index is -3.84. The van der Waals surface area contributed by atoms with Gasteiger partial charge in [-0.05, 0) is 68.1 Å². The van der Waals surface area contributed by atoms with Crippen LogP contribution in [-0.4, -0.2) is 37.8 Å². The van der Waals surface area contributed by atoms with Crippen LogP contribution in [0, 0.1) is 5.92 Å². The first-order valence-corrected chi connectivity index (χ1v) is 12.7. The number of piperidine rings is 1. The highest BCUT2D eigenvalue weighted by Gasteiger charge is 2.39. The number of nitrogens with zero attached hydrogens (tertiary/aromatic N) is 2. The van der Waals surface area contributed by atoms with Crippen LogP contribution in [0.2, 0.25) is 10.0 Å². The predicted octanol–water partition coefficient (Wildman–Crippen LogP) is 5.13. The molecule has 0 radical (unpaired) electrons. The Labute approximate surface area is 195 Å². The van der Waals surface area contributed by atoms with Gasteiger partial charge in [-0.3, -0.25) is 4.79 Å². The van der Waals surface area contributed by atoms with Gasteiger partial charge in [-0.25, -0.2) is 8.42 Å². The topological polar surface area (TPSA) is 57.7 Å². The van der Waals surface area contributed by atoms with Crippen molar-refractivity contribution in [2.24, 2.45) is 5.92 Å². The van der Waals surface area contributed by atoms with E-state index in [0.717, 1.165) is 22.1 Å². The number of anilines is 1. The summed E-state index contributed by atoms with van der Waals surface area (Å²) in [7, 11) is -3.84.